The summed E-state index contributed by atoms with van der Waals surface area (Å²) in [5.41, 5.74) is 0. The zero-order valence-electron chi connectivity index (χ0n) is 15.3. The highest BCUT2D eigenvalue weighted by Crippen LogP contribution is 2.31. The second-order valence-electron chi connectivity index (χ2n) is 6.60. The highest BCUT2D eigenvalue weighted by Gasteiger charge is 2.26. The summed E-state index contributed by atoms with van der Waals surface area (Å²) in [5, 5.41) is 2.26. The molecule has 0 bridgehead atoms. The first kappa shape index (κ1) is 19.5. The van der Waals surface area contributed by atoms with Crippen LogP contribution in [0.25, 0.3) is 10.8 Å². The summed E-state index contributed by atoms with van der Waals surface area (Å²) in [5.74, 6) is -0.298. The van der Waals surface area contributed by atoms with Gasteiger partial charge in [0.15, 0.2) is 13.2 Å². The van der Waals surface area contributed by atoms with E-state index in [1.54, 1.807) is 17.0 Å². The molecule has 27 heavy (non-hydrogen) atoms. The quantitative estimate of drug-likeness (QED) is 0.733. The molecule has 0 saturated carbocycles. The number of carbonyl (C=O) groups excluding carboxylic acids is 2. The van der Waals surface area contributed by atoms with E-state index in [9.17, 15) is 9.59 Å². The molecule has 1 fully saturated rings. The van der Waals surface area contributed by atoms with Crippen LogP contribution in [0, 0.1) is 0 Å². The lowest BCUT2D eigenvalue weighted by Gasteiger charge is -2.35. The van der Waals surface area contributed by atoms with E-state index in [2.05, 4.69) is 0 Å². The van der Waals surface area contributed by atoms with E-state index in [0.29, 0.717) is 23.9 Å². The molecule has 0 aromatic heterocycles. The van der Waals surface area contributed by atoms with Crippen molar-refractivity contribution in [1.82, 2.24) is 4.90 Å². The van der Waals surface area contributed by atoms with Crippen LogP contribution in [0.4, 0.5) is 0 Å². The van der Waals surface area contributed by atoms with Gasteiger partial charge in [-0.25, -0.2) is 4.79 Å². The smallest absolute Gasteiger partial charge is 0.344 e. The van der Waals surface area contributed by atoms with Gasteiger partial charge >= 0.3 is 5.97 Å². The van der Waals surface area contributed by atoms with Crippen molar-refractivity contribution in [2.75, 3.05) is 26.3 Å². The lowest BCUT2D eigenvalue weighted by molar-refractivity contribution is -0.158. The van der Waals surface area contributed by atoms with Crippen LogP contribution in [-0.4, -0.2) is 55.3 Å². The molecular formula is C20H22ClNO5. The van der Waals surface area contributed by atoms with Gasteiger partial charge in [-0.15, -0.1) is 0 Å². The van der Waals surface area contributed by atoms with Crippen molar-refractivity contribution in [3.05, 3.63) is 41.4 Å². The van der Waals surface area contributed by atoms with Crippen LogP contribution in [-0.2, 0) is 19.1 Å². The first-order chi connectivity index (χ1) is 12.9. The Labute approximate surface area is 162 Å². The van der Waals surface area contributed by atoms with Crippen LogP contribution < -0.4 is 4.74 Å². The van der Waals surface area contributed by atoms with Crippen LogP contribution in [0.1, 0.15) is 13.8 Å². The molecular weight excluding hydrogens is 370 g/mol. The predicted molar refractivity (Wildman–Crippen MR) is 102 cm³/mol. The van der Waals surface area contributed by atoms with E-state index in [4.69, 9.17) is 25.8 Å². The van der Waals surface area contributed by atoms with Gasteiger partial charge in [-0.05, 0) is 26.0 Å². The van der Waals surface area contributed by atoms with Gasteiger partial charge < -0.3 is 19.1 Å². The van der Waals surface area contributed by atoms with Crippen molar-refractivity contribution in [3.63, 3.8) is 0 Å². The van der Waals surface area contributed by atoms with E-state index >= 15 is 0 Å². The number of hydrogen-bond acceptors (Lipinski definition) is 5. The molecule has 1 saturated heterocycles. The van der Waals surface area contributed by atoms with E-state index < -0.39 is 5.97 Å². The van der Waals surface area contributed by atoms with Crippen LogP contribution in [0.15, 0.2) is 36.4 Å². The summed E-state index contributed by atoms with van der Waals surface area (Å²) in [6.07, 6.45) is -0.0650. The minimum absolute atomic E-state index is 0.0325. The van der Waals surface area contributed by atoms with Crippen molar-refractivity contribution in [2.45, 2.75) is 26.1 Å². The Morgan fingerprint density at radius 1 is 1.07 bits per heavy atom. The topological polar surface area (TPSA) is 65.1 Å². The van der Waals surface area contributed by atoms with E-state index in [1.807, 2.05) is 38.1 Å². The number of benzene rings is 2. The Kier molecular flexibility index (Phi) is 6.19. The molecule has 2 atom stereocenters. The maximum absolute atomic E-state index is 12.2. The third kappa shape index (κ3) is 4.90. The number of hydrogen-bond donors (Lipinski definition) is 0. The summed E-state index contributed by atoms with van der Waals surface area (Å²) in [4.78, 5) is 25.8. The molecule has 0 aliphatic carbocycles. The molecule has 1 aliphatic rings. The summed E-state index contributed by atoms with van der Waals surface area (Å²) < 4.78 is 16.2. The van der Waals surface area contributed by atoms with Gasteiger partial charge in [0.25, 0.3) is 5.91 Å². The number of amides is 1. The van der Waals surface area contributed by atoms with E-state index in [0.717, 1.165) is 10.8 Å². The third-order valence-corrected chi connectivity index (χ3v) is 4.63. The molecule has 0 radical (unpaired) electrons. The number of esters is 1. The number of nitrogens with zero attached hydrogens (tertiary/aromatic N) is 1. The van der Waals surface area contributed by atoms with Crippen molar-refractivity contribution >= 4 is 34.2 Å². The maximum atomic E-state index is 12.2. The minimum Gasteiger partial charge on any atom is -0.481 e. The Morgan fingerprint density at radius 3 is 2.44 bits per heavy atom. The lowest BCUT2D eigenvalue weighted by atomic mass is 10.1. The summed E-state index contributed by atoms with van der Waals surface area (Å²) in [6.45, 7) is 4.22. The average Bonchev–Trinajstić information content (AvgIpc) is 2.65. The number of rotatable bonds is 5. The fourth-order valence-corrected chi connectivity index (χ4v) is 3.38. The van der Waals surface area contributed by atoms with E-state index in [1.165, 1.54) is 0 Å². The molecule has 2 aromatic rings. The predicted octanol–water partition coefficient (Wildman–Crippen LogP) is 3.05. The van der Waals surface area contributed by atoms with Crippen molar-refractivity contribution < 1.29 is 23.8 Å². The fourth-order valence-electron chi connectivity index (χ4n) is 3.15. The van der Waals surface area contributed by atoms with Gasteiger partial charge in [-0.1, -0.05) is 35.9 Å². The van der Waals surface area contributed by atoms with Crippen molar-refractivity contribution in [3.8, 4) is 5.75 Å². The first-order valence-electron chi connectivity index (χ1n) is 8.83. The van der Waals surface area contributed by atoms with Crippen LogP contribution >= 0.6 is 11.6 Å². The number of fused-ring (bicyclic) bond motifs is 1. The SMILES string of the molecule is C[C@H]1CN(C(=O)COC(=O)COc2ccc(Cl)c3ccccc23)C[C@H](C)O1. The van der Waals surface area contributed by atoms with Crippen LogP contribution in [0.2, 0.25) is 5.02 Å². The van der Waals surface area contributed by atoms with Gasteiger partial charge in [0.05, 0.1) is 12.2 Å². The molecule has 1 amide bonds. The molecule has 1 heterocycles. The first-order valence-corrected chi connectivity index (χ1v) is 9.20. The molecule has 0 N–H and O–H groups in total. The van der Waals surface area contributed by atoms with Gasteiger partial charge in [0.2, 0.25) is 0 Å². The molecule has 2 aromatic carbocycles. The number of morpholine rings is 1. The molecule has 144 valence electrons. The van der Waals surface area contributed by atoms with Crippen molar-refractivity contribution in [1.29, 1.82) is 0 Å². The lowest BCUT2D eigenvalue weighted by Crippen LogP contribution is -2.49. The summed E-state index contributed by atoms with van der Waals surface area (Å²) >= 11 is 6.17. The van der Waals surface area contributed by atoms with Crippen LogP contribution in [0.3, 0.4) is 0 Å². The third-order valence-electron chi connectivity index (χ3n) is 4.31. The minimum atomic E-state index is -0.600. The highest BCUT2D eigenvalue weighted by atomic mass is 35.5. The van der Waals surface area contributed by atoms with Gasteiger partial charge in [0.1, 0.15) is 5.75 Å². The summed E-state index contributed by atoms with van der Waals surface area (Å²) in [7, 11) is 0. The Morgan fingerprint density at radius 2 is 1.74 bits per heavy atom. The number of carbonyl (C=O) groups is 2. The van der Waals surface area contributed by atoms with Gasteiger partial charge in [0, 0.05) is 28.9 Å². The fraction of sp³-hybridized carbons (Fsp3) is 0.400. The molecule has 0 spiro atoms. The van der Waals surface area contributed by atoms with Crippen LogP contribution in [0.5, 0.6) is 5.75 Å². The summed E-state index contributed by atoms with van der Waals surface area (Å²) in [6, 6.07) is 10.9. The number of halogens is 1. The molecule has 6 nitrogen and oxygen atoms in total. The Hall–Kier alpha value is -2.31. The second-order valence-corrected chi connectivity index (χ2v) is 7.00. The molecule has 3 rings (SSSR count). The Bertz CT molecular complexity index is 830. The van der Waals surface area contributed by atoms with E-state index in [-0.39, 0.29) is 31.3 Å². The zero-order valence-corrected chi connectivity index (χ0v) is 16.1. The standard InChI is InChI=1S/C20H22ClNO5/c1-13-9-22(10-14(2)27-13)19(23)11-26-20(24)12-25-18-8-7-17(21)15-5-3-4-6-16(15)18/h3-8,13-14H,9-12H2,1-2H3/t13-,14-/m0/s1. The van der Waals surface area contributed by atoms with Crippen molar-refractivity contribution in [2.24, 2.45) is 0 Å². The molecule has 7 heteroatoms. The zero-order chi connectivity index (χ0) is 19.4. The van der Waals surface area contributed by atoms with Gasteiger partial charge in [-0.3, -0.25) is 4.79 Å². The average molecular weight is 392 g/mol. The normalized spacial score (nSPS) is 19.7. The molecule has 0 unspecified atom stereocenters. The highest BCUT2D eigenvalue weighted by molar-refractivity contribution is 6.35. The number of ether oxygens (including phenoxy) is 3. The molecule has 1 aliphatic heterocycles. The Balaban J connectivity index is 1.52. The second kappa shape index (κ2) is 8.59. The maximum Gasteiger partial charge on any atom is 0.344 e. The monoisotopic (exact) mass is 391 g/mol. The largest absolute Gasteiger partial charge is 0.481 e. The van der Waals surface area contributed by atoms with Gasteiger partial charge in [-0.2, -0.15) is 0 Å².